The van der Waals surface area contributed by atoms with E-state index in [1.165, 1.54) is 38.2 Å². The van der Waals surface area contributed by atoms with Crippen molar-refractivity contribution in [3.05, 3.63) is 24.3 Å². The molecule has 334 valence electrons. The van der Waals surface area contributed by atoms with Crippen LogP contribution in [0.2, 0.25) is 0 Å². The largest absolute Gasteiger partial charge is 0.472 e. The summed E-state index contributed by atoms with van der Waals surface area (Å²) >= 11 is 0. The molecule has 0 radical (unpaired) electrons. The molecule has 0 aliphatic heterocycles. The average molecular weight is 859 g/mol. The smallest absolute Gasteiger partial charge is 0.462 e. The van der Waals surface area contributed by atoms with Crippen LogP contribution in [0.15, 0.2) is 24.3 Å². The second-order valence-electron chi connectivity index (χ2n) is 15.1. The van der Waals surface area contributed by atoms with Gasteiger partial charge in [-0.3, -0.25) is 23.2 Å². The highest BCUT2D eigenvalue weighted by atomic mass is 31.2. The predicted molar refractivity (Wildman–Crippen MR) is 213 cm³/mol. The van der Waals surface area contributed by atoms with E-state index in [0.29, 0.717) is 19.3 Å². The highest BCUT2D eigenvalue weighted by molar-refractivity contribution is 7.47. The summed E-state index contributed by atoms with van der Waals surface area (Å²) in [7, 11) is -9.80. The van der Waals surface area contributed by atoms with E-state index in [0.717, 1.165) is 50.9 Å². The minimum absolute atomic E-state index is 0.130. The lowest BCUT2D eigenvalue weighted by Gasteiger charge is -2.20. The van der Waals surface area contributed by atoms with Crippen molar-refractivity contribution >= 4 is 27.6 Å². The number of ether oxygens (including phenoxy) is 2. The molecule has 1 saturated carbocycles. The van der Waals surface area contributed by atoms with E-state index >= 15 is 0 Å². The van der Waals surface area contributed by atoms with Crippen LogP contribution < -0.4 is 0 Å². The standard InChI is InChI=1S/C39H72O16P2/c1-4-6-13-19-31(40)23-24-35-34(36(42)25-37(35)43)20-16-17-22-39(45)55-33(29-54-57(49,50)53-27-32(41)26-52-56(46,47)48)28-51-38(44)21-15-12-10-8-7-9-11-14-18-30(3)5-2/h16-17,23-24,30-37,40-43H,4-15,18-22,25-29H2,1-3H3,(H,49,50)(H2,46,47,48)/b17-16-,24-23+/t30?,31-,32+,33-,34+,35-,36+,37-/m1/s1. The molecule has 1 rings (SSSR count). The van der Waals surface area contributed by atoms with Gasteiger partial charge in [-0.05, 0) is 31.1 Å². The van der Waals surface area contributed by atoms with Gasteiger partial charge in [0.15, 0.2) is 6.10 Å². The molecule has 0 aromatic rings. The number of allylic oxidation sites excluding steroid dienone is 1. The molecule has 9 atom stereocenters. The summed E-state index contributed by atoms with van der Waals surface area (Å²) < 4.78 is 47.6. The Kier molecular flexibility index (Phi) is 28.6. The molecule has 57 heavy (non-hydrogen) atoms. The molecule has 7 N–H and O–H groups in total. The molecule has 0 saturated heterocycles. The van der Waals surface area contributed by atoms with E-state index in [9.17, 15) is 44.0 Å². The van der Waals surface area contributed by atoms with E-state index in [-0.39, 0.29) is 31.1 Å². The van der Waals surface area contributed by atoms with Crippen LogP contribution in [0.1, 0.15) is 136 Å². The van der Waals surface area contributed by atoms with Crippen molar-refractivity contribution in [2.75, 3.05) is 26.4 Å². The summed E-state index contributed by atoms with van der Waals surface area (Å²) in [6, 6.07) is 0. The van der Waals surface area contributed by atoms with Crippen LogP contribution in [0.5, 0.6) is 0 Å². The first-order valence-corrected chi connectivity index (χ1v) is 23.7. The van der Waals surface area contributed by atoms with Gasteiger partial charge in [0.05, 0.1) is 44.6 Å². The third-order valence-electron chi connectivity index (χ3n) is 9.98. The van der Waals surface area contributed by atoms with Crippen LogP contribution >= 0.6 is 15.6 Å². The van der Waals surface area contributed by atoms with Gasteiger partial charge in [-0.15, -0.1) is 0 Å². The molecule has 0 aromatic heterocycles. The zero-order chi connectivity index (χ0) is 42.7. The fourth-order valence-corrected chi connectivity index (χ4v) is 7.51. The van der Waals surface area contributed by atoms with Gasteiger partial charge < -0.3 is 44.6 Å². The Labute approximate surface area is 339 Å². The molecule has 2 unspecified atom stereocenters. The molecule has 0 heterocycles. The lowest BCUT2D eigenvalue weighted by atomic mass is 9.89. The van der Waals surface area contributed by atoms with Crippen LogP contribution in [0, 0.1) is 17.8 Å². The quantitative estimate of drug-likeness (QED) is 0.0165. The molecule has 18 heteroatoms. The molecule has 1 aliphatic carbocycles. The summed E-state index contributed by atoms with van der Waals surface area (Å²) in [5.74, 6) is -1.30. The normalized spacial score (nSPS) is 22.1. The molecule has 1 aliphatic rings. The van der Waals surface area contributed by atoms with Gasteiger partial charge >= 0.3 is 27.6 Å². The number of carbonyl (C=O) groups excluding carboxylic acids is 2. The molecule has 0 bridgehead atoms. The van der Waals surface area contributed by atoms with Crippen LogP contribution in [-0.2, 0) is 41.8 Å². The van der Waals surface area contributed by atoms with Crippen LogP contribution in [0.3, 0.4) is 0 Å². The van der Waals surface area contributed by atoms with E-state index < -0.39 is 84.5 Å². The Hall–Kier alpha value is -1.52. The fourth-order valence-electron chi connectivity index (χ4n) is 6.36. The maximum atomic E-state index is 12.8. The van der Waals surface area contributed by atoms with Crippen LogP contribution in [0.4, 0.5) is 0 Å². The maximum absolute atomic E-state index is 12.8. The summed E-state index contributed by atoms with van der Waals surface area (Å²) in [4.78, 5) is 52.8. The number of phosphoric acid groups is 2. The minimum atomic E-state index is -4.90. The number of aliphatic hydroxyl groups excluding tert-OH is 4. The van der Waals surface area contributed by atoms with Gasteiger partial charge in [0.1, 0.15) is 12.7 Å². The average Bonchev–Trinajstić information content (AvgIpc) is 3.42. The number of hydrogen-bond acceptors (Lipinski definition) is 13. The predicted octanol–water partition coefficient (Wildman–Crippen LogP) is 6.18. The van der Waals surface area contributed by atoms with Crippen molar-refractivity contribution in [3.8, 4) is 0 Å². The van der Waals surface area contributed by atoms with Gasteiger partial charge in [-0.2, -0.15) is 0 Å². The van der Waals surface area contributed by atoms with Crippen molar-refractivity contribution in [2.24, 2.45) is 17.8 Å². The molecular weight excluding hydrogens is 786 g/mol. The van der Waals surface area contributed by atoms with Crippen molar-refractivity contribution in [3.63, 3.8) is 0 Å². The lowest BCUT2D eigenvalue weighted by Crippen LogP contribution is -2.29. The Bertz CT molecular complexity index is 1240. The molecule has 1 fully saturated rings. The van der Waals surface area contributed by atoms with E-state index in [1.54, 1.807) is 18.2 Å². The van der Waals surface area contributed by atoms with Gasteiger partial charge in [-0.25, -0.2) is 9.13 Å². The van der Waals surface area contributed by atoms with Crippen molar-refractivity contribution in [1.82, 2.24) is 0 Å². The monoisotopic (exact) mass is 858 g/mol. The third kappa shape index (κ3) is 27.8. The van der Waals surface area contributed by atoms with Gasteiger partial charge in [0.2, 0.25) is 0 Å². The zero-order valence-corrected chi connectivity index (χ0v) is 36.0. The van der Waals surface area contributed by atoms with Crippen LogP contribution in [0.25, 0.3) is 0 Å². The first-order chi connectivity index (χ1) is 27.0. The van der Waals surface area contributed by atoms with Gasteiger partial charge in [0, 0.05) is 18.8 Å². The highest BCUT2D eigenvalue weighted by Gasteiger charge is 2.39. The number of aliphatic hydroxyl groups is 4. The summed E-state index contributed by atoms with van der Waals surface area (Å²) in [5.41, 5.74) is 0. The van der Waals surface area contributed by atoms with Crippen LogP contribution in [-0.4, -0.2) is 104 Å². The summed E-state index contributed by atoms with van der Waals surface area (Å²) in [5, 5.41) is 41.1. The Balaban J connectivity index is 2.68. The SMILES string of the molecule is CCCCC[C@@H](O)/C=C/[C@@H]1[C@H](C/C=C\CC(=O)O[C@H](COC(=O)CCCCCCCCCCC(C)CC)COP(=O)(O)OC[C@@H](O)COP(=O)(O)O)[C@@H](O)C[C@H]1O. The Morgan fingerprint density at radius 3 is 2.02 bits per heavy atom. The molecule has 0 amide bonds. The number of rotatable bonds is 34. The van der Waals surface area contributed by atoms with E-state index in [2.05, 4.69) is 29.8 Å². The number of unbranched alkanes of at least 4 members (excludes halogenated alkanes) is 9. The zero-order valence-electron chi connectivity index (χ0n) is 34.2. The highest BCUT2D eigenvalue weighted by Crippen LogP contribution is 2.44. The Morgan fingerprint density at radius 1 is 0.754 bits per heavy atom. The third-order valence-corrected chi connectivity index (χ3v) is 11.4. The lowest BCUT2D eigenvalue weighted by molar-refractivity contribution is -0.160. The van der Waals surface area contributed by atoms with Gasteiger partial charge in [0.25, 0.3) is 0 Å². The number of esters is 2. The van der Waals surface area contributed by atoms with E-state index in [4.69, 9.17) is 23.8 Å². The first-order valence-electron chi connectivity index (χ1n) is 20.7. The molecular formula is C39H72O16P2. The van der Waals surface area contributed by atoms with Gasteiger partial charge in [-0.1, -0.05) is 122 Å². The molecule has 0 aromatic carbocycles. The summed E-state index contributed by atoms with van der Waals surface area (Å²) in [6.45, 7) is 3.55. The van der Waals surface area contributed by atoms with Crippen molar-refractivity contribution < 1.29 is 76.9 Å². The topological polar surface area (TPSA) is 256 Å². The van der Waals surface area contributed by atoms with Crippen molar-refractivity contribution in [2.45, 2.75) is 167 Å². The van der Waals surface area contributed by atoms with E-state index in [1.807, 2.05) is 0 Å². The second kappa shape index (κ2) is 30.5. The first kappa shape index (κ1) is 53.5. The molecule has 16 nitrogen and oxygen atoms in total. The number of carbonyl (C=O) groups is 2. The minimum Gasteiger partial charge on any atom is -0.462 e. The number of hydrogen-bond donors (Lipinski definition) is 7. The second-order valence-corrected chi connectivity index (χ2v) is 17.8. The molecule has 0 spiro atoms. The number of phosphoric ester groups is 2. The van der Waals surface area contributed by atoms with Crippen molar-refractivity contribution in [1.29, 1.82) is 0 Å². The summed E-state index contributed by atoms with van der Waals surface area (Å²) in [6.07, 6.45) is 16.1. The Morgan fingerprint density at radius 2 is 1.37 bits per heavy atom. The fraction of sp³-hybridized carbons (Fsp3) is 0.846. The maximum Gasteiger partial charge on any atom is 0.472 e.